The number of rotatable bonds is 10. The number of fused-ring (bicyclic) bond motifs is 7. The normalized spacial score (nSPS) is 54.0. The van der Waals surface area contributed by atoms with Gasteiger partial charge in [0.1, 0.15) is 85.5 Å². The number of ether oxygens (including phenoxy) is 8. The van der Waals surface area contributed by atoms with E-state index in [1.165, 1.54) is 12.5 Å². The largest absolute Gasteiger partial charge is 0.432 e. The van der Waals surface area contributed by atoms with Crippen molar-refractivity contribution in [2.75, 3.05) is 19.8 Å². The van der Waals surface area contributed by atoms with E-state index >= 15 is 0 Å². The van der Waals surface area contributed by atoms with Crippen LogP contribution in [-0.4, -0.2) is 210 Å². The molecule has 21 nitrogen and oxygen atoms in total. The highest BCUT2D eigenvalue weighted by atomic mass is 16.8. The summed E-state index contributed by atoms with van der Waals surface area (Å²) in [5, 5.41) is 128. The zero-order valence-corrected chi connectivity index (χ0v) is 42.8. The van der Waals surface area contributed by atoms with Crippen LogP contribution >= 0.6 is 0 Å². The van der Waals surface area contributed by atoms with Gasteiger partial charge in [0.15, 0.2) is 18.9 Å². The molecule has 27 atom stereocenters. The summed E-state index contributed by atoms with van der Waals surface area (Å²) in [6.07, 6.45) is -20.3. The molecule has 21 heteroatoms. The molecule has 5 aliphatic carbocycles. The lowest BCUT2D eigenvalue weighted by Gasteiger charge is -2.71. The average molecular weight is 1040 g/mol. The number of aliphatic hydroxyl groups excluding tert-OH is 12. The van der Waals surface area contributed by atoms with E-state index in [-0.39, 0.29) is 52.1 Å². The first-order valence-corrected chi connectivity index (χ1v) is 26.4. The molecule has 9 rings (SSSR count). The van der Waals surface area contributed by atoms with Crippen molar-refractivity contribution < 1.29 is 104 Å². The lowest BCUT2D eigenvalue weighted by atomic mass is 9.34. The van der Waals surface area contributed by atoms with E-state index in [2.05, 4.69) is 47.3 Å². The van der Waals surface area contributed by atoms with E-state index in [4.69, 9.17) is 37.9 Å². The highest BCUT2D eigenvalue weighted by Crippen LogP contribution is 2.75. The zero-order valence-electron chi connectivity index (χ0n) is 42.8. The molecule has 0 amide bonds. The maximum atomic E-state index is 15.0. The number of hydrogen-bond acceptors (Lipinski definition) is 21. The quantitative estimate of drug-likeness (QED) is 0.0721. The summed E-state index contributed by atoms with van der Waals surface area (Å²) in [4.78, 5) is 15.0. The molecule has 4 aliphatic heterocycles. The van der Waals surface area contributed by atoms with Crippen molar-refractivity contribution in [2.45, 2.75) is 229 Å². The first kappa shape index (κ1) is 55.9. The fourth-order valence-electron chi connectivity index (χ4n) is 15.7. The summed E-state index contributed by atoms with van der Waals surface area (Å²) in [5.74, 6) is -0.327. The maximum Gasteiger partial charge on any atom is 0.315 e. The van der Waals surface area contributed by atoms with E-state index in [0.717, 1.165) is 37.7 Å². The third-order valence-electron chi connectivity index (χ3n) is 20.4. The van der Waals surface area contributed by atoms with E-state index in [1.54, 1.807) is 0 Å². The van der Waals surface area contributed by atoms with Gasteiger partial charge < -0.3 is 99.2 Å². The average Bonchev–Trinajstić information content (AvgIpc) is 3.35. The minimum Gasteiger partial charge on any atom is -0.432 e. The van der Waals surface area contributed by atoms with Crippen LogP contribution < -0.4 is 0 Å². The second kappa shape index (κ2) is 20.4. The Morgan fingerprint density at radius 3 is 2.05 bits per heavy atom. The van der Waals surface area contributed by atoms with Gasteiger partial charge in [0.05, 0.1) is 37.4 Å². The van der Waals surface area contributed by atoms with Crippen LogP contribution in [-0.2, 0) is 42.7 Å². The predicted octanol–water partition coefficient (Wildman–Crippen LogP) is -0.839. The van der Waals surface area contributed by atoms with Crippen molar-refractivity contribution in [3.63, 3.8) is 0 Å². The van der Waals surface area contributed by atoms with E-state index in [0.29, 0.717) is 32.1 Å². The summed E-state index contributed by atoms with van der Waals surface area (Å²) >= 11 is 0. The lowest BCUT2D eigenvalue weighted by Crippen LogP contribution is -2.66. The van der Waals surface area contributed by atoms with Crippen LogP contribution in [0.1, 0.15) is 106 Å². The fraction of sp³-hybridized carbons (Fsp3) is 0.904. The van der Waals surface area contributed by atoms with Gasteiger partial charge in [0, 0.05) is 5.92 Å². The summed E-state index contributed by atoms with van der Waals surface area (Å²) in [5.41, 5.74) is 0.339. The number of esters is 1. The van der Waals surface area contributed by atoms with E-state index in [9.17, 15) is 66.1 Å². The molecule has 416 valence electrons. The molecule has 0 bridgehead atoms. The van der Waals surface area contributed by atoms with Gasteiger partial charge in [0.2, 0.25) is 6.29 Å². The van der Waals surface area contributed by atoms with E-state index in [1.807, 2.05) is 0 Å². The molecule has 0 aromatic heterocycles. The van der Waals surface area contributed by atoms with Crippen LogP contribution in [0.15, 0.2) is 23.8 Å². The molecule has 4 heterocycles. The maximum absolute atomic E-state index is 15.0. The zero-order chi connectivity index (χ0) is 53.1. The smallest absolute Gasteiger partial charge is 0.315 e. The Bertz CT molecular complexity index is 2040. The van der Waals surface area contributed by atoms with Crippen LogP contribution in [0.5, 0.6) is 0 Å². The Kier molecular flexibility index (Phi) is 15.7. The van der Waals surface area contributed by atoms with Gasteiger partial charge in [-0.3, -0.25) is 4.79 Å². The molecule has 0 spiro atoms. The number of carbonyl (C=O) groups excluding carboxylic acids is 1. The Labute approximate surface area is 426 Å². The summed E-state index contributed by atoms with van der Waals surface area (Å²) < 4.78 is 46.9. The van der Waals surface area contributed by atoms with Crippen LogP contribution in [0.4, 0.5) is 0 Å². The predicted molar refractivity (Wildman–Crippen MR) is 251 cm³/mol. The van der Waals surface area contributed by atoms with Crippen LogP contribution in [0, 0.1) is 44.8 Å². The van der Waals surface area contributed by atoms with Crippen molar-refractivity contribution in [1.29, 1.82) is 0 Å². The van der Waals surface area contributed by atoms with Crippen LogP contribution in [0.2, 0.25) is 0 Å². The first-order valence-electron chi connectivity index (χ1n) is 26.4. The minimum absolute atomic E-state index is 0.0874. The molecule has 12 N–H and O–H groups in total. The molecule has 9 aliphatic rings. The second-order valence-electron chi connectivity index (χ2n) is 24.4. The summed E-state index contributed by atoms with van der Waals surface area (Å²) in [6, 6.07) is 0. The van der Waals surface area contributed by atoms with Crippen molar-refractivity contribution in [1.82, 2.24) is 0 Å². The fourth-order valence-corrected chi connectivity index (χ4v) is 15.7. The Hall–Kier alpha value is -1.81. The number of hydrogen-bond donors (Lipinski definition) is 12. The standard InChI is InChI=1S/C52H82O21/c1-22-10-15-52(47(65)73-46-40(63)36(59)34(57)28(70-46)21-67-43-41(64)37(60)42(27(19-53)69-43)72-45-39(62)35(58)32(55)23(2)68-45)17-16-50(6)24(25(52)18-22)8-9-30-49(5)13-12-31(48(3,4)29(49)11-14-51(30,50)7)71-44-38(61)33(56)26(54)20-66-44/h8,23,25-46,53-64H,1,9-21H2,2-7H3. The molecule has 73 heavy (non-hydrogen) atoms. The van der Waals surface area contributed by atoms with Gasteiger partial charge in [-0.25, -0.2) is 0 Å². The van der Waals surface area contributed by atoms with Gasteiger partial charge >= 0.3 is 5.97 Å². The number of allylic oxidation sites excluding steroid dienone is 3. The molecule has 0 radical (unpaired) electrons. The molecule has 27 unspecified atom stereocenters. The molecular weight excluding hydrogens is 961 g/mol. The monoisotopic (exact) mass is 1040 g/mol. The molecule has 4 saturated carbocycles. The third kappa shape index (κ3) is 9.12. The van der Waals surface area contributed by atoms with Gasteiger partial charge in [-0.05, 0) is 105 Å². The van der Waals surface area contributed by atoms with Gasteiger partial charge in [-0.2, -0.15) is 0 Å². The molecule has 4 saturated heterocycles. The van der Waals surface area contributed by atoms with Gasteiger partial charge in [-0.15, -0.1) is 0 Å². The van der Waals surface area contributed by atoms with Crippen LogP contribution in [0.3, 0.4) is 0 Å². The number of aliphatic hydroxyl groups is 12. The van der Waals surface area contributed by atoms with Gasteiger partial charge in [-0.1, -0.05) is 58.4 Å². The van der Waals surface area contributed by atoms with Crippen molar-refractivity contribution in [3.05, 3.63) is 23.8 Å². The summed E-state index contributed by atoms with van der Waals surface area (Å²) in [6.45, 7) is 15.9. The Balaban J connectivity index is 0.880. The second-order valence-corrected chi connectivity index (χ2v) is 24.4. The third-order valence-corrected chi connectivity index (χ3v) is 20.4. The van der Waals surface area contributed by atoms with Crippen molar-refractivity contribution in [3.8, 4) is 0 Å². The summed E-state index contributed by atoms with van der Waals surface area (Å²) in [7, 11) is 0. The minimum atomic E-state index is -1.87. The highest BCUT2D eigenvalue weighted by Gasteiger charge is 2.70. The SMILES string of the molecule is C=C1CCC2(C(=O)OC3OC(COC4OC(CO)C(OC5OC(C)C(O)C(O)C5O)C(O)C4O)C(O)C(O)C3O)CCC3(C)C(=CCC4C5(C)CCC(OC6OCC(O)C(O)C6O)C(C)(C)C5CCC43C)C2C1. The molecule has 0 aromatic rings. The first-order chi connectivity index (χ1) is 34.2. The molecule has 0 aromatic carbocycles. The number of carbonyl (C=O) groups is 1. The van der Waals surface area contributed by atoms with Crippen molar-refractivity contribution >= 4 is 5.97 Å². The Morgan fingerprint density at radius 2 is 1.34 bits per heavy atom. The molecule has 8 fully saturated rings. The Morgan fingerprint density at radius 1 is 0.685 bits per heavy atom. The highest BCUT2D eigenvalue weighted by molar-refractivity contribution is 5.79. The lowest BCUT2D eigenvalue weighted by molar-refractivity contribution is -0.361. The topological polar surface area (TPSA) is 334 Å². The van der Waals surface area contributed by atoms with Gasteiger partial charge in [0.25, 0.3) is 0 Å². The van der Waals surface area contributed by atoms with Crippen LogP contribution in [0.25, 0.3) is 0 Å². The van der Waals surface area contributed by atoms with Crippen molar-refractivity contribution in [2.24, 2.45) is 44.8 Å². The van der Waals surface area contributed by atoms with E-state index < -0.39 is 141 Å². The molecular formula is C52H82O21.